The zero-order valence-corrected chi connectivity index (χ0v) is 22.9. The average Bonchev–Trinajstić information content (AvgIpc) is 3.49. The molecule has 10 heteroatoms. The van der Waals surface area contributed by atoms with Crippen LogP contribution in [0.4, 0.5) is 4.79 Å². The second-order valence-corrected chi connectivity index (χ2v) is 10.6. The fourth-order valence-corrected chi connectivity index (χ4v) is 4.21. The average molecular weight is 520 g/mol. The Kier molecular flexibility index (Phi) is 10.5. The highest BCUT2D eigenvalue weighted by Gasteiger charge is 2.48. The summed E-state index contributed by atoms with van der Waals surface area (Å²) in [7, 11) is 0. The van der Waals surface area contributed by atoms with E-state index in [9.17, 15) is 24.3 Å². The van der Waals surface area contributed by atoms with Crippen molar-refractivity contribution in [3.8, 4) is 0 Å². The molecule has 206 valence electrons. The Hall–Kier alpha value is -3.14. The van der Waals surface area contributed by atoms with Gasteiger partial charge in [-0.3, -0.25) is 14.4 Å². The van der Waals surface area contributed by atoms with Crippen molar-refractivity contribution in [3.63, 3.8) is 0 Å². The fourth-order valence-electron chi connectivity index (χ4n) is 4.21. The van der Waals surface area contributed by atoms with Crippen molar-refractivity contribution in [2.45, 2.75) is 85.0 Å². The number of aliphatic hydroxyl groups excluding tert-OH is 1. The predicted octanol–water partition coefficient (Wildman–Crippen LogP) is 2.54. The van der Waals surface area contributed by atoms with Crippen LogP contribution in [-0.4, -0.2) is 71.3 Å². The monoisotopic (exact) mass is 519 g/mol. The molecular weight excluding hydrogens is 478 g/mol. The summed E-state index contributed by atoms with van der Waals surface area (Å²) in [5.41, 5.74) is 1.65. The smallest absolute Gasteiger partial charge is 0.408 e. The number of rotatable bonds is 11. The largest absolute Gasteiger partial charge is 0.466 e. The first-order chi connectivity index (χ1) is 17.3. The van der Waals surface area contributed by atoms with E-state index >= 15 is 0 Å². The SMILES string of the molecule is CCOC(=O)CCNC(=O)C(c1cc(C)cc(C)c1)N(C(=O)C(CO)NC(=O)OC(C)(C)C)C1CC1C. The number of carbonyl (C=O) groups excluding carboxylic acids is 4. The molecular formula is C27H41N3O7. The normalized spacial score (nSPS) is 18.3. The minimum absolute atomic E-state index is 0.00755. The standard InChI is InChI=1S/C27H41N3O7/c1-8-36-22(32)9-10-28-24(33)23(19-12-16(2)11-17(3)13-19)30(21-14-18(21)4)25(34)20(15-31)29-26(35)37-27(5,6)7/h11-13,18,20-21,23,31H,8-10,14-15H2,1-7H3,(H,28,33)(H,29,35). The van der Waals surface area contributed by atoms with Crippen LogP contribution in [-0.2, 0) is 23.9 Å². The second kappa shape index (κ2) is 12.9. The van der Waals surface area contributed by atoms with E-state index in [1.165, 1.54) is 4.90 Å². The third kappa shape index (κ3) is 9.03. The minimum Gasteiger partial charge on any atom is -0.466 e. The van der Waals surface area contributed by atoms with E-state index in [0.29, 0.717) is 12.0 Å². The van der Waals surface area contributed by atoms with E-state index in [0.717, 1.165) is 11.1 Å². The fraction of sp³-hybridized carbons (Fsp3) is 0.630. The summed E-state index contributed by atoms with van der Waals surface area (Å²) in [6.07, 6.45) is -0.175. The number of aliphatic hydroxyl groups is 1. The van der Waals surface area contributed by atoms with E-state index in [1.54, 1.807) is 27.7 Å². The van der Waals surface area contributed by atoms with Gasteiger partial charge in [0.05, 0.1) is 19.6 Å². The number of hydrogen-bond acceptors (Lipinski definition) is 7. The minimum atomic E-state index is -1.30. The van der Waals surface area contributed by atoms with Crippen LogP contribution >= 0.6 is 0 Å². The van der Waals surface area contributed by atoms with Gasteiger partial charge in [0.15, 0.2) is 0 Å². The topological polar surface area (TPSA) is 134 Å². The van der Waals surface area contributed by atoms with Crippen LogP contribution in [0.2, 0.25) is 0 Å². The number of hydrogen-bond donors (Lipinski definition) is 3. The predicted molar refractivity (Wildman–Crippen MR) is 138 cm³/mol. The van der Waals surface area contributed by atoms with Crippen molar-refractivity contribution in [3.05, 3.63) is 34.9 Å². The molecule has 1 aromatic carbocycles. The molecule has 0 aromatic heterocycles. The number of nitrogens with zero attached hydrogens (tertiary/aromatic N) is 1. The molecule has 4 unspecified atom stereocenters. The van der Waals surface area contributed by atoms with E-state index in [4.69, 9.17) is 9.47 Å². The molecule has 0 spiro atoms. The second-order valence-electron chi connectivity index (χ2n) is 10.6. The molecule has 10 nitrogen and oxygen atoms in total. The van der Waals surface area contributed by atoms with Crippen molar-refractivity contribution >= 4 is 23.9 Å². The van der Waals surface area contributed by atoms with Gasteiger partial charge in [-0.25, -0.2) is 4.79 Å². The Labute approximate surface area is 219 Å². The van der Waals surface area contributed by atoms with E-state index in [2.05, 4.69) is 10.6 Å². The zero-order valence-electron chi connectivity index (χ0n) is 22.9. The summed E-state index contributed by atoms with van der Waals surface area (Å²) in [5, 5.41) is 15.2. The van der Waals surface area contributed by atoms with Gasteiger partial charge < -0.3 is 30.1 Å². The maximum atomic E-state index is 13.8. The van der Waals surface area contributed by atoms with Gasteiger partial charge in [-0.2, -0.15) is 0 Å². The van der Waals surface area contributed by atoms with Gasteiger partial charge in [-0.1, -0.05) is 36.2 Å². The lowest BCUT2D eigenvalue weighted by Gasteiger charge is -2.35. The highest BCUT2D eigenvalue weighted by atomic mass is 16.6. The van der Waals surface area contributed by atoms with Crippen molar-refractivity contribution in [1.82, 2.24) is 15.5 Å². The molecule has 1 saturated carbocycles. The summed E-state index contributed by atoms with van der Waals surface area (Å²) >= 11 is 0. The molecule has 1 fully saturated rings. The lowest BCUT2D eigenvalue weighted by atomic mass is 9.98. The third-order valence-corrected chi connectivity index (χ3v) is 5.87. The molecule has 3 amide bonds. The Bertz CT molecular complexity index is 968. The third-order valence-electron chi connectivity index (χ3n) is 5.87. The van der Waals surface area contributed by atoms with E-state index in [1.807, 2.05) is 39.0 Å². The molecule has 0 saturated heterocycles. The molecule has 0 radical (unpaired) electrons. The molecule has 3 N–H and O–H groups in total. The van der Waals surface area contributed by atoms with Gasteiger partial charge >= 0.3 is 12.1 Å². The molecule has 1 aromatic rings. The molecule has 4 atom stereocenters. The van der Waals surface area contributed by atoms with Gasteiger partial charge in [-0.15, -0.1) is 0 Å². The first-order valence-electron chi connectivity index (χ1n) is 12.7. The van der Waals surface area contributed by atoms with Crippen molar-refractivity contribution in [2.24, 2.45) is 5.92 Å². The highest BCUT2D eigenvalue weighted by Crippen LogP contribution is 2.41. The first-order valence-corrected chi connectivity index (χ1v) is 12.7. The number of ether oxygens (including phenoxy) is 2. The number of benzene rings is 1. The molecule has 0 heterocycles. The van der Waals surface area contributed by atoms with Gasteiger partial charge in [-0.05, 0) is 59.4 Å². The van der Waals surface area contributed by atoms with Crippen LogP contribution < -0.4 is 10.6 Å². The van der Waals surface area contributed by atoms with Crippen molar-refractivity contribution < 1.29 is 33.8 Å². The number of aryl methyl sites for hydroxylation is 2. The van der Waals surface area contributed by atoms with Gasteiger partial charge in [0.25, 0.3) is 0 Å². The lowest BCUT2D eigenvalue weighted by Crippen LogP contribution is -2.55. The molecule has 37 heavy (non-hydrogen) atoms. The number of nitrogens with one attached hydrogen (secondary N) is 2. The van der Waals surface area contributed by atoms with Crippen LogP contribution in [0.5, 0.6) is 0 Å². The lowest BCUT2D eigenvalue weighted by molar-refractivity contribution is -0.145. The van der Waals surface area contributed by atoms with E-state index in [-0.39, 0.29) is 31.5 Å². The van der Waals surface area contributed by atoms with Crippen LogP contribution in [0.3, 0.4) is 0 Å². The van der Waals surface area contributed by atoms with Crippen LogP contribution in [0.25, 0.3) is 0 Å². The Morgan fingerprint density at radius 1 is 1.14 bits per heavy atom. The van der Waals surface area contributed by atoms with Gasteiger partial charge in [0.1, 0.15) is 17.7 Å². The first kappa shape index (κ1) is 30.1. The number of amides is 3. The van der Waals surface area contributed by atoms with Gasteiger partial charge in [0.2, 0.25) is 11.8 Å². The summed E-state index contributed by atoms with van der Waals surface area (Å²) < 4.78 is 10.2. The Morgan fingerprint density at radius 3 is 2.22 bits per heavy atom. The van der Waals surface area contributed by atoms with E-state index < -0.39 is 48.2 Å². The number of esters is 1. The van der Waals surface area contributed by atoms with Crippen LogP contribution in [0, 0.1) is 19.8 Å². The molecule has 1 aliphatic carbocycles. The quantitative estimate of drug-likeness (QED) is 0.383. The zero-order chi connectivity index (χ0) is 27.9. The van der Waals surface area contributed by atoms with Crippen molar-refractivity contribution in [1.29, 1.82) is 0 Å². The highest BCUT2D eigenvalue weighted by molar-refractivity contribution is 5.93. The molecule has 1 aliphatic rings. The maximum Gasteiger partial charge on any atom is 0.408 e. The maximum absolute atomic E-state index is 13.8. The van der Waals surface area contributed by atoms with Gasteiger partial charge in [0, 0.05) is 12.6 Å². The van der Waals surface area contributed by atoms with Crippen LogP contribution in [0.15, 0.2) is 18.2 Å². The number of alkyl carbamates (subject to hydrolysis) is 1. The Morgan fingerprint density at radius 2 is 1.73 bits per heavy atom. The summed E-state index contributed by atoms with van der Waals surface area (Å²) in [6, 6.07) is 3.05. The van der Waals surface area contributed by atoms with Crippen LogP contribution in [0.1, 0.15) is 70.2 Å². The molecule has 2 rings (SSSR count). The summed E-state index contributed by atoms with van der Waals surface area (Å²) in [5.74, 6) is -1.36. The summed E-state index contributed by atoms with van der Waals surface area (Å²) in [6.45, 7) is 12.2. The molecule has 0 aliphatic heterocycles. The Balaban J connectivity index is 2.40. The molecule has 0 bridgehead atoms. The van der Waals surface area contributed by atoms with Crippen molar-refractivity contribution in [2.75, 3.05) is 19.8 Å². The summed E-state index contributed by atoms with van der Waals surface area (Å²) in [4.78, 5) is 53.0. The number of carbonyl (C=O) groups is 4.